The molecule has 0 rings (SSSR count). The monoisotopic (exact) mass is 204 g/mol. The zero-order chi connectivity index (χ0) is 11.2. The first-order valence-corrected chi connectivity index (χ1v) is 4.79. The first-order chi connectivity index (χ1) is 6.45. The molecule has 0 radical (unpaired) electrons. The Morgan fingerprint density at radius 2 is 2.21 bits per heavy atom. The second-order valence-electron chi connectivity index (χ2n) is 3.71. The van der Waals surface area contributed by atoms with Gasteiger partial charge >= 0.3 is 5.97 Å². The molecule has 2 unspecified atom stereocenters. The molecule has 2 atom stereocenters. The molecule has 14 heavy (non-hydrogen) atoms. The Hall–Kier alpha value is -0.650. The van der Waals surface area contributed by atoms with Gasteiger partial charge in [-0.2, -0.15) is 0 Å². The summed E-state index contributed by atoms with van der Waals surface area (Å²) in [7, 11) is 0. The highest BCUT2D eigenvalue weighted by Crippen LogP contribution is 2.13. The van der Waals surface area contributed by atoms with Crippen LogP contribution < -0.4 is 11.1 Å². The van der Waals surface area contributed by atoms with Crippen LogP contribution in [0.4, 0.5) is 0 Å². The number of aliphatic hydroxyl groups is 1. The van der Waals surface area contributed by atoms with Crippen molar-refractivity contribution in [1.29, 1.82) is 0 Å². The summed E-state index contributed by atoms with van der Waals surface area (Å²) in [4.78, 5) is 10.4. The first-order valence-electron chi connectivity index (χ1n) is 4.79. The summed E-state index contributed by atoms with van der Waals surface area (Å²) >= 11 is 0. The third kappa shape index (κ3) is 4.55. The smallest absolute Gasteiger partial charge is 0.321 e. The van der Waals surface area contributed by atoms with E-state index in [0.717, 1.165) is 6.42 Å². The van der Waals surface area contributed by atoms with Crippen LogP contribution in [0.2, 0.25) is 0 Å². The largest absolute Gasteiger partial charge is 0.480 e. The van der Waals surface area contributed by atoms with E-state index in [9.17, 15) is 4.79 Å². The number of carboxylic acid groups (broad SMARTS) is 1. The second kappa shape index (κ2) is 5.95. The maximum atomic E-state index is 10.4. The van der Waals surface area contributed by atoms with Crippen LogP contribution in [0.1, 0.15) is 26.7 Å². The summed E-state index contributed by atoms with van der Waals surface area (Å²) in [5.74, 6) is -1.01. The highest BCUT2D eigenvalue weighted by molar-refractivity contribution is 5.73. The van der Waals surface area contributed by atoms with Gasteiger partial charge in [-0.05, 0) is 19.8 Å². The van der Waals surface area contributed by atoms with Crippen LogP contribution in [0.5, 0.6) is 0 Å². The van der Waals surface area contributed by atoms with Gasteiger partial charge in [0.15, 0.2) is 0 Å². The summed E-state index contributed by atoms with van der Waals surface area (Å²) < 4.78 is 0. The number of hydrogen-bond acceptors (Lipinski definition) is 4. The summed E-state index contributed by atoms with van der Waals surface area (Å²) in [5.41, 5.74) is 5.12. The van der Waals surface area contributed by atoms with Gasteiger partial charge in [0.2, 0.25) is 0 Å². The molecule has 5 nitrogen and oxygen atoms in total. The minimum absolute atomic E-state index is 0.0830. The number of nitrogens with one attached hydrogen (secondary N) is 1. The molecule has 0 spiro atoms. The van der Waals surface area contributed by atoms with E-state index in [1.54, 1.807) is 0 Å². The lowest BCUT2D eigenvalue weighted by Gasteiger charge is -2.29. The molecule has 0 aliphatic rings. The van der Waals surface area contributed by atoms with Gasteiger partial charge in [0, 0.05) is 18.7 Å². The van der Waals surface area contributed by atoms with Crippen LogP contribution >= 0.6 is 0 Å². The van der Waals surface area contributed by atoms with E-state index in [0.29, 0.717) is 6.42 Å². The predicted molar refractivity (Wildman–Crippen MR) is 54.0 cm³/mol. The van der Waals surface area contributed by atoms with Crippen molar-refractivity contribution in [3.05, 3.63) is 0 Å². The van der Waals surface area contributed by atoms with Crippen LogP contribution in [-0.4, -0.2) is 40.9 Å². The normalized spacial score (nSPS) is 17.4. The maximum Gasteiger partial charge on any atom is 0.321 e. The van der Waals surface area contributed by atoms with Crippen molar-refractivity contribution in [2.24, 2.45) is 5.73 Å². The fourth-order valence-corrected chi connectivity index (χ4v) is 1.08. The van der Waals surface area contributed by atoms with Gasteiger partial charge in [0.25, 0.3) is 0 Å². The zero-order valence-electron chi connectivity index (χ0n) is 8.79. The molecular formula is C9H20N2O3. The lowest BCUT2D eigenvalue weighted by molar-refractivity contribution is -0.138. The number of hydrogen-bond donors (Lipinski definition) is 4. The molecule has 0 aromatic carbocycles. The lowest BCUT2D eigenvalue weighted by Crippen LogP contribution is -2.50. The number of aliphatic hydroxyl groups excluding tert-OH is 1. The van der Waals surface area contributed by atoms with Gasteiger partial charge in [-0.3, -0.25) is 4.79 Å². The van der Waals surface area contributed by atoms with Gasteiger partial charge in [0.05, 0.1) is 0 Å². The third-order valence-electron chi connectivity index (χ3n) is 2.51. The summed E-state index contributed by atoms with van der Waals surface area (Å²) in [6.07, 6.45) is 1.41. The fraction of sp³-hybridized carbons (Fsp3) is 0.889. The van der Waals surface area contributed by atoms with E-state index in [1.807, 2.05) is 13.8 Å². The first kappa shape index (κ1) is 13.4. The van der Waals surface area contributed by atoms with Crippen molar-refractivity contribution in [1.82, 2.24) is 5.32 Å². The molecule has 0 aliphatic heterocycles. The Morgan fingerprint density at radius 3 is 2.57 bits per heavy atom. The predicted octanol–water partition coefficient (Wildman–Crippen LogP) is -0.461. The highest BCUT2D eigenvalue weighted by Gasteiger charge is 2.22. The van der Waals surface area contributed by atoms with Crippen LogP contribution in [0.3, 0.4) is 0 Å². The van der Waals surface area contributed by atoms with E-state index in [-0.39, 0.29) is 18.7 Å². The molecular weight excluding hydrogens is 184 g/mol. The van der Waals surface area contributed by atoms with Crippen molar-refractivity contribution < 1.29 is 15.0 Å². The van der Waals surface area contributed by atoms with Gasteiger partial charge in [0.1, 0.15) is 6.04 Å². The maximum absolute atomic E-state index is 10.4. The Bertz CT molecular complexity index is 187. The second-order valence-corrected chi connectivity index (χ2v) is 3.71. The summed E-state index contributed by atoms with van der Waals surface area (Å²) in [6.45, 7) is 4.23. The minimum Gasteiger partial charge on any atom is -0.480 e. The Kier molecular flexibility index (Phi) is 5.68. The molecule has 0 amide bonds. The van der Waals surface area contributed by atoms with Crippen LogP contribution in [-0.2, 0) is 4.79 Å². The van der Waals surface area contributed by atoms with Crippen LogP contribution in [0.15, 0.2) is 0 Å². The molecule has 5 N–H and O–H groups in total. The van der Waals surface area contributed by atoms with Crippen molar-refractivity contribution >= 4 is 5.97 Å². The summed E-state index contributed by atoms with van der Waals surface area (Å²) in [5, 5.41) is 20.4. The van der Waals surface area contributed by atoms with Crippen LogP contribution in [0.25, 0.3) is 0 Å². The van der Waals surface area contributed by atoms with Gasteiger partial charge in [-0.25, -0.2) is 0 Å². The number of nitrogens with two attached hydrogens (primary N) is 1. The zero-order valence-corrected chi connectivity index (χ0v) is 8.79. The Balaban J connectivity index is 4.00. The van der Waals surface area contributed by atoms with Gasteiger partial charge in [-0.1, -0.05) is 6.92 Å². The SMILES string of the molecule is CCC(C)(CCO)NCC(N)C(=O)O. The summed E-state index contributed by atoms with van der Waals surface area (Å²) in [6, 6.07) is -0.889. The highest BCUT2D eigenvalue weighted by atomic mass is 16.4. The van der Waals surface area contributed by atoms with Crippen molar-refractivity contribution in [3.8, 4) is 0 Å². The average Bonchev–Trinajstić information content (AvgIpc) is 2.14. The molecule has 0 fully saturated rings. The standard InChI is InChI=1S/C9H20N2O3/c1-3-9(2,4-5-12)11-6-7(10)8(13)14/h7,11-12H,3-6,10H2,1-2H3,(H,13,14). The number of aliphatic carboxylic acids is 1. The lowest BCUT2D eigenvalue weighted by atomic mass is 9.94. The van der Waals surface area contributed by atoms with E-state index in [4.69, 9.17) is 15.9 Å². The van der Waals surface area contributed by atoms with E-state index in [1.165, 1.54) is 0 Å². The van der Waals surface area contributed by atoms with Gasteiger partial charge in [-0.15, -0.1) is 0 Å². The fourth-order valence-electron chi connectivity index (χ4n) is 1.08. The average molecular weight is 204 g/mol. The molecule has 0 aliphatic carbocycles. The van der Waals surface area contributed by atoms with E-state index < -0.39 is 12.0 Å². The third-order valence-corrected chi connectivity index (χ3v) is 2.51. The number of rotatable bonds is 7. The van der Waals surface area contributed by atoms with Crippen molar-refractivity contribution in [2.45, 2.75) is 38.3 Å². The van der Waals surface area contributed by atoms with Crippen molar-refractivity contribution in [3.63, 3.8) is 0 Å². The molecule has 5 heteroatoms. The topological polar surface area (TPSA) is 95.6 Å². The van der Waals surface area contributed by atoms with E-state index >= 15 is 0 Å². The minimum atomic E-state index is -1.01. The Labute approximate surface area is 84.3 Å². The van der Waals surface area contributed by atoms with Crippen molar-refractivity contribution in [2.75, 3.05) is 13.2 Å². The molecule has 0 aromatic heterocycles. The van der Waals surface area contributed by atoms with Gasteiger partial charge < -0.3 is 21.3 Å². The molecule has 0 saturated carbocycles. The molecule has 84 valence electrons. The van der Waals surface area contributed by atoms with E-state index in [2.05, 4.69) is 5.32 Å². The Morgan fingerprint density at radius 1 is 1.64 bits per heavy atom. The molecule has 0 aromatic rings. The number of carbonyl (C=O) groups is 1. The molecule has 0 bridgehead atoms. The molecule has 0 heterocycles. The number of carboxylic acids is 1. The molecule has 0 saturated heterocycles. The quantitative estimate of drug-likeness (QED) is 0.450. The van der Waals surface area contributed by atoms with Crippen LogP contribution in [0, 0.1) is 0 Å².